The molecule has 0 fully saturated rings. The number of hydrogen-bond donors (Lipinski definition) is 2. The van der Waals surface area contributed by atoms with E-state index in [1.165, 1.54) is 11.3 Å². The Labute approximate surface area is 149 Å². The number of para-hydroxylation sites is 1. The molecule has 5 nitrogen and oxygen atoms in total. The maximum absolute atomic E-state index is 12.4. The first-order chi connectivity index (χ1) is 12.2. The van der Waals surface area contributed by atoms with Crippen molar-refractivity contribution >= 4 is 35.1 Å². The minimum Gasteiger partial charge on any atom is -0.321 e. The summed E-state index contributed by atoms with van der Waals surface area (Å²) >= 11 is 1.34. The number of rotatable bonds is 5. The maximum atomic E-state index is 12.4. The highest BCUT2D eigenvalue weighted by atomic mass is 32.1. The summed E-state index contributed by atoms with van der Waals surface area (Å²) in [6.45, 7) is 0. The summed E-state index contributed by atoms with van der Waals surface area (Å²) in [5.41, 5.74) is 4.14. The Balaban J connectivity index is 1.70. The molecule has 0 radical (unpaired) electrons. The summed E-state index contributed by atoms with van der Waals surface area (Å²) in [4.78, 5) is 25.1. The van der Waals surface area contributed by atoms with E-state index >= 15 is 0 Å². The van der Waals surface area contributed by atoms with E-state index in [-0.39, 0.29) is 5.91 Å². The number of amides is 2. The molecule has 0 saturated heterocycles. The van der Waals surface area contributed by atoms with Gasteiger partial charge in [0.05, 0.1) is 22.3 Å². The smallest absolute Gasteiger partial charge is 0.273 e. The molecule has 0 spiro atoms. The average molecular weight is 349 g/mol. The predicted octanol–water partition coefficient (Wildman–Crippen LogP) is 3.76. The van der Waals surface area contributed by atoms with Crippen molar-refractivity contribution in [3.8, 4) is 0 Å². The van der Waals surface area contributed by atoms with E-state index in [4.69, 9.17) is 0 Å². The second-order valence-electron chi connectivity index (χ2n) is 5.09. The molecule has 1 heterocycles. The lowest BCUT2D eigenvalue weighted by Crippen LogP contribution is -2.21. The highest BCUT2D eigenvalue weighted by Gasteiger charge is 2.14. The molecular weight excluding hydrogens is 334 g/mol. The number of benzene rings is 2. The van der Waals surface area contributed by atoms with E-state index < -0.39 is 5.91 Å². The Bertz CT molecular complexity index is 890. The van der Waals surface area contributed by atoms with Gasteiger partial charge < -0.3 is 5.32 Å². The molecule has 0 bridgehead atoms. The normalized spacial score (nSPS) is 10.6. The summed E-state index contributed by atoms with van der Waals surface area (Å²) in [6, 6.07) is 19.8. The molecule has 0 aliphatic heterocycles. The van der Waals surface area contributed by atoms with Crippen LogP contribution in [0.4, 0.5) is 5.69 Å². The molecule has 2 N–H and O–H groups in total. The lowest BCUT2D eigenvalue weighted by Gasteiger charge is -2.09. The van der Waals surface area contributed by atoms with Crippen LogP contribution in [-0.4, -0.2) is 18.0 Å². The Hall–Kier alpha value is -3.25. The maximum Gasteiger partial charge on any atom is 0.273 e. The summed E-state index contributed by atoms with van der Waals surface area (Å²) in [5, 5.41) is 8.54. The van der Waals surface area contributed by atoms with Gasteiger partial charge in [0.25, 0.3) is 11.8 Å². The van der Waals surface area contributed by atoms with Crippen LogP contribution in [0.3, 0.4) is 0 Å². The van der Waals surface area contributed by atoms with Crippen LogP contribution in [0, 0.1) is 0 Å². The van der Waals surface area contributed by atoms with Gasteiger partial charge in [-0.1, -0.05) is 48.5 Å². The molecule has 2 amide bonds. The van der Waals surface area contributed by atoms with Gasteiger partial charge >= 0.3 is 0 Å². The molecule has 2 aromatic carbocycles. The van der Waals surface area contributed by atoms with Crippen molar-refractivity contribution in [3.05, 3.63) is 88.1 Å². The first kappa shape index (κ1) is 16.6. The number of nitrogens with zero attached hydrogens (tertiary/aromatic N) is 1. The Morgan fingerprint density at radius 2 is 1.64 bits per heavy atom. The average Bonchev–Trinajstić information content (AvgIpc) is 3.18. The van der Waals surface area contributed by atoms with Gasteiger partial charge in [-0.3, -0.25) is 9.59 Å². The zero-order valence-electron chi connectivity index (χ0n) is 13.2. The van der Waals surface area contributed by atoms with Crippen LogP contribution in [0.5, 0.6) is 0 Å². The van der Waals surface area contributed by atoms with E-state index in [0.29, 0.717) is 16.1 Å². The standard InChI is InChI=1S/C19H15N3O2S/c23-18(22-20-13-14-7-2-1-3-8-14)15-9-4-5-10-16(15)21-19(24)17-11-6-12-25-17/h1-13H,(H,21,24)(H,22,23)/b20-13-. The van der Waals surface area contributed by atoms with E-state index in [1.807, 2.05) is 35.7 Å². The summed E-state index contributed by atoms with van der Waals surface area (Å²) in [5.74, 6) is -0.641. The SMILES string of the molecule is O=C(Nc1ccccc1C(=O)N/N=C\c1ccccc1)c1cccs1. The fourth-order valence-corrected chi connectivity index (χ4v) is 2.77. The van der Waals surface area contributed by atoms with Crippen LogP contribution in [0.25, 0.3) is 0 Å². The fraction of sp³-hybridized carbons (Fsp3) is 0. The third kappa shape index (κ3) is 4.39. The number of thiophene rings is 1. The van der Waals surface area contributed by atoms with Gasteiger partial charge in [0.15, 0.2) is 0 Å². The molecule has 0 unspecified atom stereocenters. The summed E-state index contributed by atoms with van der Waals surface area (Å²) in [6.07, 6.45) is 1.56. The van der Waals surface area contributed by atoms with Crippen LogP contribution < -0.4 is 10.7 Å². The quantitative estimate of drug-likeness (QED) is 0.544. The molecule has 25 heavy (non-hydrogen) atoms. The number of anilines is 1. The van der Waals surface area contributed by atoms with Gasteiger partial charge in [-0.25, -0.2) is 5.43 Å². The van der Waals surface area contributed by atoms with Crippen molar-refractivity contribution in [1.29, 1.82) is 0 Å². The molecule has 3 aromatic rings. The first-order valence-corrected chi connectivity index (χ1v) is 8.44. The molecule has 1 aromatic heterocycles. The van der Waals surface area contributed by atoms with Crippen molar-refractivity contribution in [3.63, 3.8) is 0 Å². The van der Waals surface area contributed by atoms with Gasteiger partial charge in [-0.2, -0.15) is 5.10 Å². The molecule has 6 heteroatoms. The monoisotopic (exact) mass is 349 g/mol. The van der Waals surface area contributed by atoms with Crippen LogP contribution in [-0.2, 0) is 0 Å². The highest BCUT2D eigenvalue weighted by molar-refractivity contribution is 7.12. The van der Waals surface area contributed by atoms with Crippen LogP contribution in [0.1, 0.15) is 25.6 Å². The number of carbonyl (C=O) groups is 2. The second-order valence-corrected chi connectivity index (χ2v) is 6.03. The molecule has 0 atom stereocenters. The second kappa shape index (κ2) is 8.03. The van der Waals surface area contributed by atoms with Crippen molar-refractivity contribution in [2.75, 3.05) is 5.32 Å². The summed E-state index contributed by atoms with van der Waals surface area (Å²) < 4.78 is 0. The van der Waals surface area contributed by atoms with Crippen LogP contribution in [0.2, 0.25) is 0 Å². The van der Waals surface area contributed by atoms with E-state index in [0.717, 1.165) is 5.56 Å². The van der Waals surface area contributed by atoms with Gasteiger partial charge in [-0.15, -0.1) is 11.3 Å². The fourth-order valence-electron chi connectivity index (χ4n) is 2.15. The first-order valence-electron chi connectivity index (χ1n) is 7.56. The Morgan fingerprint density at radius 1 is 0.880 bits per heavy atom. The van der Waals surface area contributed by atoms with E-state index in [1.54, 1.807) is 42.6 Å². The third-order valence-electron chi connectivity index (χ3n) is 3.34. The van der Waals surface area contributed by atoms with E-state index in [9.17, 15) is 9.59 Å². The minimum absolute atomic E-state index is 0.247. The molecule has 0 aliphatic rings. The molecule has 0 aliphatic carbocycles. The van der Waals surface area contributed by atoms with Crippen molar-refractivity contribution < 1.29 is 9.59 Å². The third-order valence-corrected chi connectivity index (χ3v) is 4.21. The number of hydrogen-bond acceptors (Lipinski definition) is 4. The topological polar surface area (TPSA) is 70.6 Å². The lowest BCUT2D eigenvalue weighted by molar-refractivity contribution is 0.0956. The predicted molar refractivity (Wildman–Crippen MR) is 100 cm³/mol. The highest BCUT2D eigenvalue weighted by Crippen LogP contribution is 2.17. The van der Waals surface area contributed by atoms with Crippen molar-refractivity contribution in [1.82, 2.24) is 5.43 Å². The van der Waals surface area contributed by atoms with Crippen molar-refractivity contribution in [2.45, 2.75) is 0 Å². The number of carbonyl (C=O) groups excluding carboxylic acids is 2. The number of nitrogens with one attached hydrogen (secondary N) is 2. The zero-order chi connectivity index (χ0) is 17.5. The van der Waals surface area contributed by atoms with Crippen LogP contribution in [0.15, 0.2) is 77.2 Å². The van der Waals surface area contributed by atoms with Gasteiger partial charge in [0.1, 0.15) is 0 Å². The Kier molecular flexibility index (Phi) is 5.33. The molecule has 0 saturated carbocycles. The zero-order valence-corrected chi connectivity index (χ0v) is 14.0. The van der Waals surface area contributed by atoms with Gasteiger partial charge in [-0.05, 0) is 29.1 Å². The largest absolute Gasteiger partial charge is 0.321 e. The van der Waals surface area contributed by atoms with Gasteiger partial charge in [0.2, 0.25) is 0 Å². The molecule has 3 rings (SSSR count). The summed E-state index contributed by atoms with van der Waals surface area (Å²) in [7, 11) is 0. The van der Waals surface area contributed by atoms with Gasteiger partial charge in [0, 0.05) is 0 Å². The Morgan fingerprint density at radius 3 is 2.40 bits per heavy atom. The minimum atomic E-state index is -0.394. The molecular formula is C19H15N3O2S. The van der Waals surface area contributed by atoms with E-state index in [2.05, 4.69) is 15.8 Å². The van der Waals surface area contributed by atoms with Crippen molar-refractivity contribution in [2.24, 2.45) is 5.10 Å². The van der Waals surface area contributed by atoms with Crippen LogP contribution >= 0.6 is 11.3 Å². The lowest BCUT2D eigenvalue weighted by atomic mass is 10.1. The number of hydrazone groups is 1. The molecule has 124 valence electrons.